The van der Waals surface area contributed by atoms with Gasteiger partial charge in [-0.15, -0.1) is 0 Å². The third-order valence-corrected chi connectivity index (χ3v) is 3.69. The van der Waals surface area contributed by atoms with Crippen molar-refractivity contribution in [3.05, 3.63) is 12.4 Å². The molecule has 1 aliphatic carbocycles. The van der Waals surface area contributed by atoms with E-state index in [4.69, 9.17) is 4.74 Å². The van der Waals surface area contributed by atoms with Gasteiger partial charge in [0.05, 0.1) is 18.8 Å². The second-order valence-electron chi connectivity index (χ2n) is 4.61. The molecule has 2 unspecified atom stereocenters. The fourth-order valence-electron chi connectivity index (χ4n) is 2.85. The van der Waals surface area contributed by atoms with E-state index in [1.165, 1.54) is 19.3 Å². The molecule has 1 aromatic heterocycles. The average Bonchev–Trinajstić information content (AvgIpc) is 2.87. The topological polar surface area (TPSA) is 50.3 Å². The summed E-state index contributed by atoms with van der Waals surface area (Å²) in [5.74, 6) is 1.89. The number of morpholine rings is 1. The molecule has 1 N–H and O–H groups in total. The molecule has 0 spiro atoms. The van der Waals surface area contributed by atoms with Crippen molar-refractivity contribution in [3.63, 3.8) is 0 Å². The second kappa shape index (κ2) is 4.49. The summed E-state index contributed by atoms with van der Waals surface area (Å²) in [6.45, 7) is 1.74. The highest BCUT2D eigenvalue weighted by Crippen LogP contribution is 2.32. The van der Waals surface area contributed by atoms with Crippen LogP contribution in [0.2, 0.25) is 0 Å². The molecule has 2 fully saturated rings. The molecular formula is C12H18N4O. The van der Waals surface area contributed by atoms with Crippen molar-refractivity contribution in [1.29, 1.82) is 0 Å². The molecule has 2 atom stereocenters. The van der Waals surface area contributed by atoms with Crippen LogP contribution in [-0.2, 0) is 4.74 Å². The van der Waals surface area contributed by atoms with Crippen LogP contribution in [0, 0.1) is 0 Å². The molecular weight excluding hydrogens is 216 g/mol. The van der Waals surface area contributed by atoms with Gasteiger partial charge in [0, 0.05) is 19.7 Å². The lowest BCUT2D eigenvalue weighted by molar-refractivity contribution is 0.0253. The number of nitrogens with zero attached hydrogens (tertiary/aromatic N) is 3. The summed E-state index contributed by atoms with van der Waals surface area (Å²) in [5.41, 5.74) is 0. The van der Waals surface area contributed by atoms with E-state index in [9.17, 15) is 0 Å². The quantitative estimate of drug-likeness (QED) is 0.835. The average molecular weight is 234 g/mol. The van der Waals surface area contributed by atoms with Gasteiger partial charge in [-0.05, 0) is 19.3 Å². The Morgan fingerprint density at radius 3 is 3.24 bits per heavy atom. The van der Waals surface area contributed by atoms with Gasteiger partial charge in [-0.1, -0.05) is 0 Å². The van der Waals surface area contributed by atoms with Gasteiger partial charge in [0.25, 0.3) is 0 Å². The Balaban J connectivity index is 1.86. The Bertz CT molecular complexity index is 398. The van der Waals surface area contributed by atoms with Crippen molar-refractivity contribution in [2.75, 3.05) is 30.4 Å². The van der Waals surface area contributed by atoms with E-state index in [0.717, 1.165) is 24.8 Å². The molecule has 1 saturated heterocycles. The third kappa shape index (κ3) is 1.95. The number of hydrogen-bond donors (Lipinski definition) is 1. The van der Waals surface area contributed by atoms with E-state index >= 15 is 0 Å². The minimum atomic E-state index is 0.400. The number of hydrogen-bond acceptors (Lipinski definition) is 5. The third-order valence-electron chi connectivity index (χ3n) is 3.69. The molecule has 1 saturated carbocycles. The van der Waals surface area contributed by atoms with Gasteiger partial charge in [-0.3, -0.25) is 0 Å². The van der Waals surface area contributed by atoms with E-state index in [2.05, 4.69) is 20.2 Å². The van der Waals surface area contributed by atoms with Gasteiger partial charge in [-0.25, -0.2) is 9.97 Å². The highest BCUT2D eigenvalue weighted by Gasteiger charge is 2.36. The first-order valence-corrected chi connectivity index (χ1v) is 6.26. The summed E-state index contributed by atoms with van der Waals surface area (Å²) in [5, 5.41) is 3.06. The highest BCUT2D eigenvalue weighted by atomic mass is 16.5. The van der Waals surface area contributed by atoms with Gasteiger partial charge in [-0.2, -0.15) is 0 Å². The van der Waals surface area contributed by atoms with E-state index in [1.807, 2.05) is 13.1 Å². The molecule has 3 rings (SSSR count). The number of nitrogens with one attached hydrogen (secondary N) is 1. The van der Waals surface area contributed by atoms with Gasteiger partial charge in [0.2, 0.25) is 0 Å². The summed E-state index contributed by atoms with van der Waals surface area (Å²) in [4.78, 5) is 10.9. The Morgan fingerprint density at radius 2 is 2.35 bits per heavy atom. The van der Waals surface area contributed by atoms with Crippen LogP contribution in [0.25, 0.3) is 0 Å². The summed E-state index contributed by atoms with van der Waals surface area (Å²) < 4.78 is 5.81. The molecule has 92 valence electrons. The largest absolute Gasteiger partial charge is 0.374 e. The van der Waals surface area contributed by atoms with Crippen LogP contribution < -0.4 is 10.2 Å². The first-order chi connectivity index (χ1) is 8.38. The van der Waals surface area contributed by atoms with Crippen LogP contribution >= 0.6 is 0 Å². The zero-order valence-corrected chi connectivity index (χ0v) is 10.1. The monoisotopic (exact) mass is 234 g/mol. The highest BCUT2D eigenvalue weighted by molar-refractivity contribution is 5.49. The fourth-order valence-corrected chi connectivity index (χ4v) is 2.85. The van der Waals surface area contributed by atoms with Crippen molar-refractivity contribution in [1.82, 2.24) is 9.97 Å². The molecule has 17 heavy (non-hydrogen) atoms. The molecule has 0 amide bonds. The number of fused-ring (bicyclic) bond motifs is 1. The fraction of sp³-hybridized carbons (Fsp3) is 0.667. The van der Waals surface area contributed by atoms with Gasteiger partial charge in [0.15, 0.2) is 0 Å². The Morgan fingerprint density at radius 1 is 1.41 bits per heavy atom. The molecule has 1 aliphatic heterocycles. The summed E-state index contributed by atoms with van der Waals surface area (Å²) >= 11 is 0. The molecule has 2 heterocycles. The van der Waals surface area contributed by atoms with Crippen molar-refractivity contribution in [3.8, 4) is 0 Å². The summed E-state index contributed by atoms with van der Waals surface area (Å²) in [7, 11) is 1.88. The maximum Gasteiger partial charge on any atom is 0.134 e. The molecule has 5 nitrogen and oxygen atoms in total. The van der Waals surface area contributed by atoms with Crippen LogP contribution in [0.4, 0.5) is 11.6 Å². The summed E-state index contributed by atoms with van der Waals surface area (Å²) in [6, 6.07) is 2.52. The van der Waals surface area contributed by atoms with Crippen molar-refractivity contribution in [2.45, 2.75) is 31.4 Å². The normalized spacial score (nSPS) is 27.9. The SMILES string of the molecule is CNc1cc(N2CCOC3CCCC32)ncn1. The van der Waals surface area contributed by atoms with Gasteiger partial charge < -0.3 is 15.0 Å². The Hall–Kier alpha value is -1.36. The molecule has 0 bridgehead atoms. The summed E-state index contributed by atoms with van der Waals surface area (Å²) in [6.07, 6.45) is 5.68. The molecule has 0 aromatic carbocycles. The first kappa shape index (κ1) is 10.8. The van der Waals surface area contributed by atoms with Crippen LogP contribution in [0.5, 0.6) is 0 Å². The van der Waals surface area contributed by atoms with E-state index in [0.29, 0.717) is 12.1 Å². The minimum absolute atomic E-state index is 0.400. The Kier molecular flexibility index (Phi) is 2.84. The Labute approximate surface area is 101 Å². The van der Waals surface area contributed by atoms with Crippen LogP contribution in [-0.4, -0.2) is 42.3 Å². The molecule has 0 radical (unpaired) electrons. The van der Waals surface area contributed by atoms with Gasteiger partial charge >= 0.3 is 0 Å². The minimum Gasteiger partial charge on any atom is -0.374 e. The zero-order chi connectivity index (χ0) is 11.7. The maximum absolute atomic E-state index is 5.81. The van der Waals surface area contributed by atoms with E-state index < -0.39 is 0 Å². The first-order valence-electron chi connectivity index (χ1n) is 6.26. The van der Waals surface area contributed by atoms with E-state index in [-0.39, 0.29) is 0 Å². The second-order valence-corrected chi connectivity index (χ2v) is 4.61. The smallest absolute Gasteiger partial charge is 0.134 e. The van der Waals surface area contributed by atoms with Crippen molar-refractivity contribution in [2.24, 2.45) is 0 Å². The van der Waals surface area contributed by atoms with Gasteiger partial charge in [0.1, 0.15) is 18.0 Å². The molecule has 5 heteroatoms. The number of aromatic nitrogens is 2. The molecule has 1 aromatic rings. The lowest BCUT2D eigenvalue weighted by Gasteiger charge is -2.38. The lowest BCUT2D eigenvalue weighted by Crippen LogP contribution is -2.49. The predicted molar refractivity (Wildman–Crippen MR) is 66.3 cm³/mol. The zero-order valence-electron chi connectivity index (χ0n) is 10.1. The van der Waals surface area contributed by atoms with E-state index in [1.54, 1.807) is 6.33 Å². The lowest BCUT2D eigenvalue weighted by atomic mass is 10.1. The maximum atomic E-state index is 5.81. The number of anilines is 2. The number of rotatable bonds is 2. The molecule has 2 aliphatic rings. The van der Waals surface area contributed by atoms with Crippen LogP contribution in [0.1, 0.15) is 19.3 Å². The van der Waals surface area contributed by atoms with Crippen molar-refractivity contribution >= 4 is 11.6 Å². The van der Waals surface area contributed by atoms with Crippen LogP contribution in [0.15, 0.2) is 12.4 Å². The standard InChI is InChI=1S/C12H18N4O/c1-13-11-7-12(15-8-14-11)16-5-6-17-10-4-2-3-9(10)16/h7-10H,2-6H2,1H3,(H,13,14,15). The van der Waals surface area contributed by atoms with Crippen LogP contribution in [0.3, 0.4) is 0 Å². The number of ether oxygens (including phenoxy) is 1. The predicted octanol–water partition coefficient (Wildman–Crippen LogP) is 1.28. The van der Waals surface area contributed by atoms with Crippen molar-refractivity contribution < 1.29 is 4.74 Å².